The van der Waals surface area contributed by atoms with Gasteiger partial charge in [0.05, 0.1) is 0 Å². The Labute approximate surface area is 67.8 Å². The smallest absolute Gasteiger partial charge is 0.0133 e. The van der Waals surface area contributed by atoms with Gasteiger partial charge in [0.15, 0.2) is 0 Å². The van der Waals surface area contributed by atoms with Gasteiger partial charge in [-0.25, -0.2) is 0 Å². The first-order valence-electron chi connectivity index (χ1n) is 5.10. The van der Waals surface area contributed by atoms with E-state index in [0.29, 0.717) is 0 Å². The molecule has 2 saturated carbocycles. The van der Waals surface area contributed by atoms with Gasteiger partial charge in [0.25, 0.3) is 0 Å². The lowest BCUT2D eigenvalue weighted by Crippen LogP contribution is -2.26. The third kappa shape index (κ3) is 0.581. The fourth-order valence-corrected chi connectivity index (χ4v) is 3.60. The van der Waals surface area contributed by atoms with Crippen LogP contribution in [0, 0.1) is 17.3 Å². The van der Waals surface area contributed by atoms with Crippen LogP contribution in [0.25, 0.3) is 0 Å². The summed E-state index contributed by atoms with van der Waals surface area (Å²) >= 11 is 0. The van der Waals surface area contributed by atoms with Crippen molar-refractivity contribution < 1.29 is 0 Å². The standard InChI is InChI=1S/C10H15N/c1-2-10(1)4-9-8-3-7(8)5-11(9)6-10/h7-9H,1-6H2. The van der Waals surface area contributed by atoms with E-state index in [1.54, 1.807) is 25.7 Å². The Balaban J connectivity index is 1.68. The minimum absolute atomic E-state index is 0.873. The molecule has 1 heteroatoms. The third-order valence-corrected chi connectivity index (χ3v) is 4.55. The Morgan fingerprint density at radius 1 is 1.27 bits per heavy atom. The van der Waals surface area contributed by atoms with E-state index in [2.05, 4.69) is 4.90 Å². The molecule has 0 aromatic rings. The molecular weight excluding hydrogens is 134 g/mol. The van der Waals surface area contributed by atoms with Gasteiger partial charge < -0.3 is 0 Å². The van der Waals surface area contributed by atoms with Gasteiger partial charge in [-0.3, -0.25) is 4.90 Å². The largest absolute Gasteiger partial charge is 0.299 e. The second kappa shape index (κ2) is 1.39. The average molecular weight is 149 g/mol. The summed E-state index contributed by atoms with van der Waals surface area (Å²) in [6.45, 7) is 2.95. The average Bonchev–Trinajstić information content (AvgIpc) is 2.75. The number of fused-ring (bicyclic) bond motifs is 3. The van der Waals surface area contributed by atoms with Crippen molar-refractivity contribution in [1.82, 2.24) is 4.90 Å². The van der Waals surface area contributed by atoms with Gasteiger partial charge in [0.2, 0.25) is 0 Å². The highest BCUT2D eigenvalue weighted by atomic mass is 15.3. The van der Waals surface area contributed by atoms with Crippen molar-refractivity contribution in [1.29, 1.82) is 0 Å². The van der Waals surface area contributed by atoms with Crippen LogP contribution in [0.1, 0.15) is 25.7 Å². The van der Waals surface area contributed by atoms with Crippen LogP contribution in [-0.2, 0) is 0 Å². The molecule has 2 aliphatic carbocycles. The molecule has 2 heterocycles. The summed E-state index contributed by atoms with van der Waals surface area (Å²) in [5.41, 5.74) is 0.873. The fourth-order valence-electron chi connectivity index (χ4n) is 3.60. The fraction of sp³-hybridized carbons (Fsp3) is 1.00. The molecule has 1 spiro atoms. The monoisotopic (exact) mass is 149 g/mol. The first-order valence-corrected chi connectivity index (χ1v) is 5.10. The molecule has 60 valence electrons. The topological polar surface area (TPSA) is 3.24 Å². The Hall–Kier alpha value is -0.0400. The van der Waals surface area contributed by atoms with Gasteiger partial charge >= 0.3 is 0 Å². The van der Waals surface area contributed by atoms with E-state index in [1.807, 2.05) is 0 Å². The Morgan fingerprint density at radius 2 is 2.18 bits per heavy atom. The zero-order valence-corrected chi connectivity index (χ0v) is 6.92. The van der Waals surface area contributed by atoms with Gasteiger partial charge in [0, 0.05) is 19.1 Å². The van der Waals surface area contributed by atoms with Crippen LogP contribution in [0.4, 0.5) is 0 Å². The van der Waals surface area contributed by atoms with E-state index in [-0.39, 0.29) is 0 Å². The highest BCUT2D eigenvalue weighted by Gasteiger charge is 2.62. The zero-order chi connectivity index (χ0) is 7.05. The van der Waals surface area contributed by atoms with Gasteiger partial charge in [-0.15, -0.1) is 0 Å². The number of nitrogens with zero attached hydrogens (tertiary/aromatic N) is 1. The molecule has 2 saturated heterocycles. The van der Waals surface area contributed by atoms with Crippen molar-refractivity contribution in [2.75, 3.05) is 13.1 Å². The molecule has 0 bridgehead atoms. The Morgan fingerprint density at radius 3 is 2.91 bits per heavy atom. The van der Waals surface area contributed by atoms with Crippen molar-refractivity contribution in [3.63, 3.8) is 0 Å². The lowest BCUT2D eigenvalue weighted by molar-refractivity contribution is 0.278. The molecular formula is C10H15N. The molecule has 0 aromatic carbocycles. The molecule has 11 heavy (non-hydrogen) atoms. The molecule has 2 aliphatic heterocycles. The molecule has 4 rings (SSSR count). The van der Waals surface area contributed by atoms with E-state index in [1.165, 1.54) is 13.1 Å². The van der Waals surface area contributed by atoms with Crippen molar-refractivity contribution in [3.8, 4) is 0 Å². The second-order valence-corrected chi connectivity index (χ2v) is 5.36. The minimum Gasteiger partial charge on any atom is -0.299 e. The summed E-state index contributed by atoms with van der Waals surface area (Å²) < 4.78 is 0. The van der Waals surface area contributed by atoms with Crippen molar-refractivity contribution in [2.24, 2.45) is 17.3 Å². The van der Waals surface area contributed by atoms with E-state index in [9.17, 15) is 0 Å². The Bertz CT molecular complexity index is 219. The normalized spacial score (nSPS) is 56.2. The SMILES string of the molecule is C1C2CN3CC4(CC4)CC3C12. The maximum Gasteiger partial charge on any atom is 0.0133 e. The summed E-state index contributed by atoms with van der Waals surface area (Å²) in [7, 11) is 0. The number of rotatable bonds is 0. The number of piperidine rings is 1. The lowest BCUT2D eigenvalue weighted by Gasteiger charge is -2.16. The summed E-state index contributed by atoms with van der Waals surface area (Å²) in [6, 6.07) is 1.06. The molecule has 3 atom stereocenters. The first kappa shape index (κ1) is 5.58. The van der Waals surface area contributed by atoms with Crippen LogP contribution in [0.3, 0.4) is 0 Å². The first-order chi connectivity index (χ1) is 5.36. The van der Waals surface area contributed by atoms with E-state index in [4.69, 9.17) is 0 Å². The van der Waals surface area contributed by atoms with Crippen molar-refractivity contribution >= 4 is 0 Å². The van der Waals surface area contributed by atoms with Crippen LogP contribution < -0.4 is 0 Å². The number of hydrogen-bond donors (Lipinski definition) is 0. The quantitative estimate of drug-likeness (QED) is 0.504. The van der Waals surface area contributed by atoms with Crippen molar-refractivity contribution in [3.05, 3.63) is 0 Å². The summed E-state index contributed by atoms with van der Waals surface area (Å²) in [5, 5.41) is 0. The predicted molar refractivity (Wildman–Crippen MR) is 43.2 cm³/mol. The molecule has 4 aliphatic rings. The molecule has 1 nitrogen and oxygen atoms in total. The molecule has 0 amide bonds. The van der Waals surface area contributed by atoms with Gasteiger partial charge in [-0.05, 0) is 42.9 Å². The highest BCUT2D eigenvalue weighted by molar-refractivity contribution is 5.14. The molecule has 0 radical (unpaired) electrons. The Kier molecular flexibility index (Phi) is 0.706. The van der Waals surface area contributed by atoms with Gasteiger partial charge in [-0.1, -0.05) is 0 Å². The summed E-state index contributed by atoms with van der Waals surface area (Å²) in [5.74, 6) is 2.31. The van der Waals surface area contributed by atoms with E-state index in [0.717, 1.165) is 23.3 Å². The van der Waals surface area contributed by atoms with Crippen molar-refractivity contribution in [2.45, 2.75) is 31.7 Å². The van der Waals surface area contributed by atoms with Crippen LogP contribution in [-0.4, -0.2) is 24.0 Å². The van der Waals surface area contributed by atoms with Gasteiger partial charge in [-0.2, -0.15) is 0 Å². The highest BCUT2D eigenvalue weighted by Crippen LogP contribution is 2.63. The summed E-state index contributed by atoms with van der Waals surface area (Å²) in [4.78, 5) is 2.80. The van der Waals surface area contributed by atoms with Crippen LogP contribution in [0.2, 0.25) is 0 Å². The molecule has 0 N–H and O–H groups in total. The predicted octanol–water partition coefficient (Wildman–Crippen LogP) is 1.49. The molecule has 3 unspecified atom stereocenters. The van der Waals surface area contributed by atoms with Crippen LogP contribution in [0.5, 0.6) is 0 Å². The van der Waals surface area contributed by atoms with Gasteiger partial charge in [0.1, 0.15) is 0 Å². The van der Waals surface area contributed by atoms with E-state index < -0.39 is 0 Å². The van der Waals surface area contributed by atoms with E-state index >= 15 is 0 Å². The van der Waals surface area contributed by atoms with Crippen LogP contribution in [0.15, 0.2) is 0 Å². The minimum atomic E-state index is 0.873. The maximum atomic E-state index is 2.80. The summed E-state index contributed by atoms with van der Waals surface area (Å²) in [6.07, 6.45) is 6.26. The lowest BCUT2D eigenvalue weighted by atomic mass is 10.0. The molecule has 0 aromatic heterocycles. The maximum absolute atomic E-state index is 2.80. The second-order valence-electron chi connectivity index (χ2n) is 5.36. The van der Waals surface area contributed by atoms with Crippen LogP contribution >= 0.6 is 0 Å². The molecule has 4 fully saturated rings. The third-order valence-electron chi connectivity index (χ3n) is 4.55. The number of hydrogen-bond acceptors (Lipinski definition) is 1. The zero-order valence-electron chi connectivity index (χ0n) is 6.92.